The second kappa shape index (κ2) is 5.89. The molecule has 0 radical (unpaired) electrons. The minimum atomic E-state index is -4.65. The Hall–Kier alpha value is -1.43. The van der Waals surface area contributed by atoms with Gasteiger partial charge in [0.1, 0.15) is 5.82 Å². The molecule has 1 aromatic carbocycles. The summed E-state index contributed by atoms with van der Waals surface area (Å²) in [5, 5.41) is 0. The predicted molar refractivity (Wildman–Crippen MR) is 77.6 cm³/mol. The van der Waals surface area contributed by atoms with Crippen molar-refractivity contribution in [3.8, 4) is 0 Å². The Morgan fingerprint density at radius 3 is 2.30 bits per heavy atom. The third-order valence-corrected chi connectivity index (χ3v) is 5.22. The van der Waals surface area contributed by atoms with Crippen molar-refractivity contribution in [2.24, 2.45) is 5.92 Å². The molecule has 1 aromatic rings. The molecule has 2 unspecified atom stereocenters. The van der Waals surface area contributed by atoms with E-state index < -0.39 is 17.6 Å². The van der Waals surface area contributed by atoms with Gasteiger partial charge in [0.2, 0.25) is 0 Å². The normalized spacial score (nSPS) is 28.7. The van der Waals surface area contributed by atoms with Crippen LogP contribution in [0.2, 0.25) is 0 Å². The Labute approximate surface area is 132 Å². The van der Waals surface area contributed by atoms with E-state index in [9.17, 15) is 22.4 Å². The van der Waals surface area contributed by atoms with E-state index >= 15 is 0 Å². The zero-order chi connectivity index (χ0) is 16.8. The number of hydrogen-bond acceptors (Lipinski definition) is 2. The Morgan fingerprint density at radius 2 is 1.74 bits per heavy atom. The summed E-state index contributed by atoms with van der Waals surface area (Å²) in [5.41, 5.74) is -1.26. The van der Waals surface area contributed by atoms with Gasteiger partial charge in [0.05, 0.1) is 5.56 Å². The molecule has 2 fully saturated rings. The maximum absolute atomic E-state index is 13.5. The maximum atomic E-state index is 13.5. The molecule has 2 heterocycles. The number of nitrogens with zero attached hydrogens (tertiary/aromatic N) is 1. The summed E-state index contributed by atoms with van der Waals surface area (Å²) in [7, 11) is 2.04. The van der Waals surface area contributed by atoms with Crippen LogP contribution in [0.15, 0.2) is 18.2 Å². The zero-order valence-corrected chi connectivity index (χ0v) is 12.9. The summed E-state index contributed by atoms with van der Waals surface area (Å²) in [6.07, 6.45) is -0.228. The maximum Gasteiger partial charge on any atom is 0.416 e. The summed E-state index contributed by atoms with van der Waals surface area (Å²) in [6.45, 7) is 0. The Balaban J connectivity index is 1.85. The fourth-order valence-corrected chi connectivity index (χ4v) is 3.96. The van der Waals surface area contributed by atoms with Gasteiger partial charge in [-0.3, -0.25) is 4.79 Å². The number of carbonyl (C=O) groups is 1. The van der Waals surface area contributed by atoms with Crippen molar-refractivity contribution in [2.45, 2.75) is 50.4 Å². The molecule has 6 heteroatoms. The van der Waals surface area contributed by atoms with Crippen molar-refractivity contribution in [3.63, 3.8) is 0 Å². The van der Waals surface area contributed by atoms with Crippen LogP contribution in [0, 0.1) is 11.7 Å². The van der Waals surface area contributed by atoms with Crippen molar-refractivity contribution in [2.75, 3.05) is 7.05 Å². The van der Waals surface area contributed by atoms with E-state index in [2.05, 4.69) is 4.90 Å². The molecule has 2 bridgehead atoms. The van der Waals surface area contributed by atoms with E-state index in [4.69, 9.17) is 0 Å². The Kier molecular flexibility index (Phi) is 4.21. The lowest BCUT2D eigenvalue weighted by Gasteiger charge is -2.46. The van der Waals surface area contributed by atoms with Crippen molar-refractivity contribution in [1.82, 2.24) is 4.90 Å². The van der Waals surface area contributed by atoms with Crippen LogP contribution in [0.5, 0.6) is 0 Å². The Morgan fingerprint density at radius 1 is 1.13 bits per heavy atom. The van der Waals surface area contributed by atoms with Gasteiger partial charge in [-0.25, -0.2) is 4.39 Å². The van der Waals surface area contributed by atoms with E-state index in [1.807, 2.05) is 7.05 Å². The van der Waals surface area contributed by atoms with Crippen LogP contribution in [-0.2, 0) is 6.18 Å². The van der Waals surface area contributed by atoms with E-state index in [1.165, 1.54) is 0 Å². The smallest absolute Gasteiger partial charge is 0.300 e. The lowest BCUT2D eigenvalue weighted by molar-refractivity contribution is -0.137. The van der Waals surface area contributed by atoms with E-state index in [-0.39, 0.29) is 17.3 Å². The number of benzene rings is 1. The van der Waals surface area contributed by atoms with Crippen molar-refractivity contribution >= 4 is 5.78 Å². The molecular weight excluding hydrogens is 310 g/mol. The number of hydrogen-bond donors (Lipinski definition) is 0. The fraction of sp³-hybridized carbons (Fsp3) is 0.588. The third-order valence-electron chi connectivity index (χ3n) is 5.22. The lowest BCUT2D eigenvalue weighted by atomic mass is 9.76. The summed E-state index contributed by atoms with van der Waals surface area (Å²) in [5.74, 6) is -1.69. The highest BCUT2D eigenvalue weighted by molar-refractivity contribution is 5.98. The van der Waals surface area contributed by atoms with Crippen LogP contribution in [0.3, 0.4) is 0 Å². The summed E-state index contributed by atoms with van der Waals surface area (Å²) >= 11 is 0. The van der Waals surface area contributed by atoms with Gasteiger partial charge >= 0.3 is 6.18 Å². The van der Waals surface area contributed by atoms with Gasteiger partial charge in [-0.05, 0) is 50.9 Å². The van der Waals surface area contributed by atoms with Crippen LogP contribution in [0.4, 0.5) is 17.6 Å². The predicted octanol–water partition coefficient (Wildman–Crippen LogP) is 4.29. The molecule has 2 nitrogen and oxygen atoms in total. The van der Waals surface area contributed by atoms with Crippen LogP contribution in [0.1, 0.15) is 48.0 Å². The van der Waals surface area contributed by atoms with Gasteiger partial charge in [0.25, 0.3) is 0 Å². The fourth-order valence-electron chi connectivity index (χ4n) is 3.96. The van der Waals surface area contributed by atoms with Crippen LogP contribution >= 0.6 is 0 Å². The number of fused-ring (bicyclic) bond motifs is 2. The zero-order valence-electron chi connectivity index (χ0n) is 12.9. The SMILES string of the molecule is CN1C2CCCC1CC(C(=O)c1cc(F)cc(C(F)(F)F)c1)C2. The molecule has 0 aromatic heterocycles. The second-order valence-corrected chi connectivity index (χ2v) is 6.66. The molecule has 23 heavy (non-hydrogen) atoms. The third kappa shape index (κ3) is 3.27. The molecule has 0 aliphatic carbocycles. The number of alkyl halides is 3. The van der Waals surface area contributed by atoms with Crippen LogP contribution in [0.25, 0.3) is 0 Å². The average molecular weight is 329 g/mol. The van der Waals surface area contributed by atoms with Crippen molar-refractivity contribution in [3.05, 3.63) is 35.1 Å². The van der Waals surface area contributed by atoms with Gasteiger partial charge in [-0.2, -0.15) is 13.2 Å². The highest BCUT2D eigenvalue weighted by Crippen LogP contribution is 2.38. The molecule has 0 saturated carbocycles. The first-order chi connectivity index (χ1) is 10.8. The lowest BCUT2D eigenvalue weighted by Crippen LogP contribution is -2.51. The first-order valence-electron chi connectivity index (χ1n) is 7.89. The number of ketones is 1. The molecule has 2 aliphatic heterocycles. The molecule has 2 atom stereocenters. The van der Waals surface area contributed by atoms with Crippen LogP contribution < -0.4 is 0 Å². The summed E-state index contributed by atoms with van der Waals surface area (Å²) < 4.78 is 51.9. The topological polar surface area (TPSA) is 20.3 Å². The van der Waals surface area contributed by atoms with Crippen LogP contribution in [-0.4, -0.2) is 29.8 Å². The number of piperidine rings is 2. The van der Waals surface area contributed by atoms with E-state index in [0.29, 0.717) is 31.0 Å². The minimum absolute atomic E-state index is 0.162. The molecule has 126 valence electrons. The standard InChI is InChI=1S/C17H19F4NO/c1-22-14-3-2-4-15(22)8-11(7-14)16(23)10-5-12(17(19,20)21)9-13(18)6-10/h5-6,9,11,14-15H,2-4,7-8H2,1H3. The van der Waals surface area contributed by atoms with E-state index in [0.717, 1.165) is 31.4 Å². The second-order valence-electron chi connectivity index (χ2n) is 6.66. The molecule has 0 amide bonds. The minimum Gasteiger partial charge on any atom is -0.300 e. The quantitative estimate of drug-likeness (QED) is 0.596. The number of carbonyl (C=O) groups excluding carboxylic acids is 1. The first kappa shape index (κ1) is 16.4. The average Bonchev–Trinajstić information content (AvgIpc) is 2.44. The van der Waals surface area contributed by atoms with E-state index in [1.54, 1.807) is 0 Å². The number of halogens is 4. The number of rotatable bonds is 2. The van der Waals surface area contributed by atoms with Gasteiger partial charge in [-0.15, -0.1) is 0 Å². The Bertz CT molecular complexity index is 599. The highest BCUT2D eigenvalue weighted by atomic mass is 19.4. The largest absolute Gasteiger partial charge is 0.416 e. The number of Topliss-reactive ketones (excluding diaryl/α,β-unsaturated/α-hetero) is 1. The molecule has 2 aliphatic rings. The molecular formula is C17H19F4NO. The highest BCUT2D eigenvalue weighted by Gasteiger charge is 2.39. The first-order valence-corrected chi connectivity index (χ1v) is 7.89. The van der Waals surface area contributed by atoms with Crippen molar-refractivity contribution in [1.29, 1.82) is 0 Å². The monoisotopic (exact) mass is 329 g/mol. The molecule has 3 rings (SSSR count). The van der Waals surface area contributed by atoms with Crippen molar-refractivity contribution < 1.29 is 22.4 Å². The van der Waals surface area contributed by atoms with Gasteiger partial charge in [0, 0.05) is 23.6 Å². The van der Waals surface area contributed by atoms with Gasteiger partial charge in [0.15, 0.2) is 5.78 Å². The summed E-state index contributed by atoms with van der Waals surface area (Å²) in [4.78, 5) is 14.9. The van der Waals surface area contributed by atoms with Gasteiger partial charge < -0.3 is 4.90 Å². The molecule has 0 N–H and O–H groups in total. The summed E-state index contributed by atoms with van der Waals surface area (Å²) in [6, 6.07) is 2.73. The molecule has 2 saturated heterocycles. The van der Waals surface area contributed by atoms with Gasteiger partial charge in [-0.1, -0.05) is 6.42 Å². The molecule has 0 spiro atoms.